The lowest BCUT2D eigenvalue weighted by atomic mass is 9.62. The molecular weight excluding hydrogens is 642 g/mol. The normalized spacial score (nSPS) is 19.5. The van der Waals surface area contributed by atoms with Crippen LogP contribution in [0.15, 0.2) is 158 Å². The first-order valence-electron chi connectivity index (χ1n) is 16.2. The largest absolute Gasteiger partial charge is 0.495 e. The van der Waals surface area contributed by atoms with Gasteiger partial charge in [-0.2, -0.15) is 0 Å². The van der Waals surface area contributed by atoms with Crippen LogP contribution in [0.4, 0.5) is 17.6 Å². The van der Waals surface area contributed by atoms with Gasteiger partial charge in [0.2, 0.25) is 0 Å². The van der Waals surface area contributed by atoms with Crippen molar-refractivity contribution in [2.24, 2.45) is 0 Å². The molecule has 6 aromatic rings. The van der Waals surface area contributed by atoms with Gasteiger partial charge >= 0.3 is 14.2 Å². The standard InChI is InChI=1S/C40H28B2F4O4/c43-33-21-31(22-34(44)25-33)41-48-38-37(39(49-41,27-13-5-1-6-14-27)28-15-7-2-8-16-28)47-42(32-23-35(45)26-36(46)24-32)50-40(38,29-17-9-3-10-18-29)30-19-11-4-12-20-30/h1-26,37-38H/t37-,38-/m1/s1. The molecule has 0 N–H and O–H groups in total. The highest BCUT2D eigenvalue weighted by molar-refractivity contribution is 6.63. The third kappa shape index (κ3) is 5.54. The minimum absolute atomic E-state index is 0.0986. The molecule has 246 valence electrons. The van der Waals surface area contributed by atoms with E-state index in [1.54, 1.807) is 0 Å². The number of halogens is 4. The molecule has 2 aliphatic rings. The first-order valence-corrected chi connectivity index (χ1v) is 16.2. The molecular formula is C40H28B2F4O4. The lowest BCUT2D eigenvalue weighted by Gasteiger charge is -2.59. The summed E-state index contributed by atoms with van der Waals surface area (Å²) in [4.78, 5) is 0. The summed E-state index contributed by atoms with van der Waals surface area (Å²) in [6.45, 7) is 0. The zero-order chi connectivity index (χ0) is 34.3. The minimum atomic E-state index is -1.53. The maximum Gasteiger partial charge on any atom is 0.495 e. The van der Waals surface area contributed by atoms with Crippen molar-refractivity contribution in [3.8, 4) is 0 Å². The van der Waals surface area contributed by atoms with E-state index in [0.29, 0.717) is 22.3 Å². The molecule has 0 saturated carbocycles. The van der Waals surface area contributed by atoms with Crippen LogP contribution in [0, 0.1) is 23.3 Å². The van der Waals surface area contributed by atoms with Gasteiger partial charge in [0.05, 0.1) is 0 Å². The fourth-order valence-electron chi connectivity index (χ4n) is 7.28. The second-order valence-corrected chi connectivity index (χ2v) is 12.4. The Balaban J connectivity index is 1.47. The van der Waals surface area contributed by atoms with Crippen molar-refractivity contribution in [1.82, 2.24) is 0 Å². The molecule has 2 fully saturated rings. The van der Waals surface area contributed by atoms with Crippen LogP contribution in [0.25, 0.3) is 0 Å². The number of fused-ring (bicyclic) bond motifs is 1. The molecule has 2 heterocycles. The first kappa shape index (κ1) is 32.2. The van der Waals surface area contributed by atoms with E-state index >= 15 is 0 Å². The summed E-state index contributed by atoms with van der Waals surface area (Å²) >= 11 is 0. The highest BCUT2D eigenvalue weighted by atomic mass is 19.1. The van der Waals surface area contributed by atoms with Crippen molar-refractivity contribution >= 4 is 25.2 Å². The fraction of sp³-hybridized carbons (Fsp3) is 0.100. The summed E-state index contributed by atoms with van der Waals surface area (Å²) < 4.78 is 87.3. The van der Waals surface area contributed by atoms with Gasteiger partial charge in [-0.25, -0.2) is 17.6 Å². The summed E-state index contributed by atoms with van der Waals surface area (Å²) in [5, 5.41) is 0. The summed E-state index contributed by atoms with van der Waals surface area (Å²) in [6.07, 6.45) is -2.18. The fourth-order valence-corrected chi connectivity index (χ4v) is 7.28. The monoisotopic (exact) mass is 670 g/mol. The summed E-state index contributed by atoms with van der Waals surface area (Å²) in [7, 11) is -2.69. The van der Waals surface area contributed by atoms with Crippen LogP contribution >= 0.6 is 0 Å². The lowest BCUT2D eigenvalue weighted by Crippen LogP contribution is -2.73. The van der Waals surface area contributed by atoms with Gasteiger partial charge < -0.3 is 18.6 Å². The molecule has 8 rings (SSSR count). The van der Waals surface area contributed by atoms with Gasteiger partial charge in [-0.1, -0.05) is 121 Å². The van der Waals surface area contributed by atoms with Crippen LogP contribution in [0.2, 0.25) is 0 Å². The Labute approximate surface area is 287 Å². The number of rotatable bonds is 6. The molecule has 0 aliphatic carbocycles. The Hall–Kier alpha value is -4.99. The van der Waals surface area contributed by atoms with E-state index in [-0.39, 0.29) is 10.9 Å². The van der Waals surface area contributed by atoms with E-state index in [1.165, 1.54) is 24.3 Å². The molecule has 0 amide bonds. The zero-order valence-corrected chi connectivity index (χ0v) is 26.5. The maximum absolute atomic E-state index is 14.9. The first-order chi connectivity index (χ1) is 24.4. The summed E-state index contributed by atoms with van der Waals surface area (Å²) in [6, 6.07) is 43.5. The van der Waals surface area contributed by atoms with Crippen LogP contribution < -0.4 is 10.9 Å². The SMILES string of the molecule is Fc1cc(F)cc(B2O[C@@H]3[C@@H](OB(c4cc(F)cc(F)c4)OC3(c3ccccc3)c3ccccc3)C(c3ccccc3)(c3ccccc3)O2)c1. The molecule has 6 aromatic carbocycles. The predicted molar refractivity (Wildman–Crippen MR) is 183 cm³/mol. The highest BCUT2D eigenvalue weighted by Crippen LogP contribution is 2.53. The molecule has 0 spiro atoms. The van der Waals surface area contributed by atoms with E-state index in [0.717, 1.165) is 12.1 Å². The van der Waals surface area contributed by atoms with Crippen molar-refractivity contribution < 1.29 is 36.2 Å². The van der Waals surface area contributed by atoms with Crippen LogP contribution in [-0.4, -0.2) is 26.4 Å². The second kappa shape index (κ2) is 13.0. The van der Waals surface area contributed by atoms with Crippen molar-refractivity contribution in [1.29, 1.82) is 0 Å². The van der Waals surface area contributed by atoms with Crippen molar-refractivity contribution in [3.63, 3.8) is 0 Å². The molecule has 10 heteroatoms. The van der Waals surface area contributed by atoms with Crippen molar-refractivity contribution in [2.45, 2.75) is 23.4 Å². The zero-order valence-electron chi connectivity index (χ0n) is 26.5. The Kier molecular flexibility index (Phi) is 8.41. The van der Waals surface area contributed by atoms with E-state index in [4.69, 9.17) is 18.6 Å². The third-order valence-electron chi connectivity index (χ3n) is 9.33. The maximum atomic E-state index is 14.9. The van der Waals surface area contributed by atoms with E-state index in [9.17, 15) is 17.6 Å². The molecule has 4 nitrogen and oxygen atoms in total. The van der Waals surface area contributed by atoms with Crippen molar-refractivity contribution in [2.75, 3.05) is 0 Å². The van der Waals surface area contributed by atoms with Gasteiger partial charge in [0.15, 0.2) is 0 Å². The van der Waals surface area contributed by atoms with E-state index in [1.807, 2.05) is 121 Å². The van der Waals surface area contributed by atoms with Crippen LogP contribution in [0.5, 0.6) is 0 Å². The Morgan fingerprint density at radius 2 is 0.640 bits per heavy atom. The number of hydrogen-bond acceptors (Lipinski definition) is 4. The van der Waals surface area contributed by atoms with Crippen LogP contribution in [-0.2, 0) is 29.8 Å². The Morgan fingerprint density at radius 3 is 0.900 bits per heavy atom. The molecule has 50 heavy (non-hydrogen) atoms. The summed E-state index contributed by atoms with van der Waals surface area (Å²) in [5.74, 6) is -3.22. The van der Waals surface area contributed by atoms with Crippen LogP contribution in [0.3, 0.4) is 0 Å². The van der Waals surface area contributed by atoms with Crippen molar-refractivity contribution in [3.05, 3.63) is 203 Å². The quantitative estimate of drug-likeness (QED) is 0.141. The Bertz CT molecular complexity index is 1840. The molecule has 2 atom stereocenters. The molecule has 0 unspecified atom stereocenters. The van der Waals surface area contributed by atoms with Gasteiger partial charge in [-0.05, 0) is 57.4 Å². The topological polar surface area (TPSA) is 36.9 Å². The molecule has 2 saturated heterocycles. The van der Waals surface area contributed by atoms with Gasteiger partial charge in [-0.3, -0.25) is 0 Å². The van der Waals surface area contributed by atoms with Gasteiger partial charge in [-0.15, -0.1) is 0 Å². The third-order valence-corrected chi connectivity index (χ3v) is 9.33. The highest BCUT2D eigenvalue weighted by Gasteiger charge is 2.66. The van der Waals surface area contributed by atoms with Gasteiger partial charge in [0, 0.05) is 12.1 Å². The van der Waals surface area contributed by atoms with Gasteiger partial charge in [0.25, 0.3) is 0 Å². The van der Waals surface area contributed by atoms with E-state index < -0.39 is 60.9 Å². The lowest BCUT2D eigenvalue weighted by molar-refractivity contribution is -0.210. The smallest absolute Gasteiger partial charge is 0.398 e. The summed E-state index contributed by atoms with van der Waals surface area (Å²) in [5.41, 5.74) is -0.272. The molecule has 2 aliphatic heterocycles. The Morgan fingerprint density at radius 1 is 0.380 bits per heavy atom. The van der Waals surface area contributed by atoms with Crippen LogP contribution in [0.1, 0.15) is 22.3 Å². The minimum Gasteiger partial charge on any atom is -0.398 e. The van der Waals surface area contributed by atoms with E-state index in [2.05, 4.69) is 0 Å². The predicted octanol–water partition coefficient (Wildman–Crippen LogP) is 7.05. The average Bonchev–Trinajstić information content (AvgIpc) is 3.14. The van der Waals surface area contributed by atoms with Gasteiger partial charge in [0.1, 0.15) is 46.7 Å². The molecule has 0 radical (unpaired) electrons. The number of hydrogen-bond donors (Lipinski definition) is 0. The average molecular weight is 670 g/mol. The second-order valence-electron chi connectivity index (χ2n) is 12.4. The molecule has 0 aromatic heterocycles. The number of benzene rings is 6. The molecule has 0 bridgehead atoms.